The van der Waals surface area contributed by atoms with Gasteiger partial charge in [-0.1, -0.05) is 12.1 Å². The number of anilines is 3. The van der Waals surface area contributed by atoms with Crippen LogP contribution in [0.1, 0.15) is 5.82 Å². The predicted octanol–water partition coefficient (Wildman–Crippen LogP) is 2.75. The van der Waals surface area contributed by atoms with Gasteiger partial charge < -0.3 is 30.3 Å². The third-order valence-electron chi connectivity index (χ3n) is 4.24. The predicted molar refractivity (Wildman–Crippen MR) is 108 cm³/mol. The molecule has 2 heterocycles. The first-order valence-corrected chi connectivity index (χ1v) is 9.62. The van der Waals surface area contributed by atoms with E-state index < -0.39 is 18.1 Å². The molecule has 0 radical (unpaired) electrons. The maximum Gasteiger partial charge on any atom is 0.573 e. The number of rotatable bonds is 7. The molecule has 1 aromatic carbocycles. The van der Waals surface area contributed by atoms with Crippen molar-refractivity contribution in [2.45, 2.75) is 13.3 Å². The Morgan fingerprint density at radius 1 is 1.19 bits per heavy atom. The summed E-state index contributed by atoms with van der Waals surface area (Å²) in [6, 6.07) is 6.47. The minimum absolute atomic E-state index is 0.0909. The molecule has 3 N–H and O–H groups in total. The molecule has 0 bridgehead atoms. The van der Waals surface area contributed by atoms with Gasteiger partial charge in [0.25, 0.3) is 0 Å². The van der Waals surface area contributed by atoms with E-state index in [1.54, 1.807) is 6.92 Å². The van der Waals surface area contributed by atoms with Crippen LogP contribution in [0.15, 0.2) is 30.3 Å². The van der Waals surface area contributed by atoms with Crippen LogP contribution in [0.25, 0.3) is 0 Å². The quantitative estimate of drug-likeness (QED) is 0.569. The van der Waals surface area contributed by atoms with Crippen LogP contribution in [0.4, 0.5) is 35.3 Å². The summed E-state index contributed by atoms with van der Waals surface area (Å²) in [4.78, 5) is 22.9. The average Bonchev–Trinajstić information content (AvgIpc) is 2.72. The van der Waals surface area contributed by atoms with E-state index in [-0.39, 0.29) is 12.2 Å². The maximum atomic E-state index is 12.5. The minimum atomic E-state index is -4.85. The second-order valence-electron chi connectivity index (χ2n) is 6.61. The fourth-order valence-corrected chi connectivity index (χ4v) is 2.91. The fraction of sp³-hybridized carbons (Fsp3) is 0.421. The second-order valence-corrected chi connectivity index (χ2v) is 6.61. The SMILES string of the molecule is Cc1nc(NCCNC(=O)Nc2ccccc2OC(F)(F)F)cc(N2CCOCC2)n1. The number of aromatic nitrogens is 2. The Kier molecular flexibility index (Phi) is 7.34. The third kappa shape index (κ3) is 7.17. The van der Waals surface area contributed by atoms with Crippen LogP contribution in [0.2, 0.25) is 0 Å². The highest BCUT2D eigenvalue weighted by Crippen LogP contribution is 2.29. The van der Waals surface area contributed by atoms with Crippen LogP contribution in [-0.4, -0.2) is 61.8 Å². The summed E-state index contributed by atoms with van der Waals surface area (Å²) in [7, 11) is 0. The van der Waals surface area contributed by atoms with Gasteiger partial charge >= 0.3 is 12.4 Å². The van der Waals surface area contributed by atoms with Gasteiger partial charge in [0.05, 0.1) is 18.9 Å². The first-order valence-electron chi connectivity index (χ1n) is 9.62. The van der Waals surface area contributed by atoms with E-state index in [1.807, 2.05) is 6.07 Å². The van der Waals surface area contributed by atoms with Crippen LogP contribution in [-0.2, 0) is 4.74 Å². The number of alkyl halides is 3. The zero-order valence-electron chi connectivity index (χ0n) is 16.8. The highest BCUT2D eigenvalue weighted by molar-refractivity contribution is 5.90. The number of amides is 2. The Morgan fingerprint density at radius 2 is 1.94 bits per heavy atom. The van der Waals surface area contributed by atoms with Crippen molar-refractivity contribution in [3.8, 4) is 5.75 Å². The highest BCUT2D eigenvalue weighted by Gasteiger charge is 2.32. The van der Waals surface area contributed by atoms with Gasteiger partial charge in [0.15, 0.2) is 5.75 Å². The molecule has 0 atom stereocenters. The molecule has 31 heavy (non-hydrogen) atoms. The first-order chi connectivity index (χ1) is 14.8. The molecule has 12 heteroatoms. The van der Waals surface area contributed by atoms with Gasteiger partial charge in [-0.25, -0.2) is 14.8 Å². The molecule has 0 aliphatic carbocycles. The van der Waals surface area contributed by atoms with E-state index in [2.05, 4.69) is 35.6 Å². The van der Waals surface area contributed by atoms with E-state index in [4.69, 9.17) is 4.74 Å². The molecule has 168 valence electrons. The van der Waals surface area contributed by atoms with Gasteiger partial charge in [-0.15, -0.1) is 13.2 Å². The van der Waals surface area contributed by atoms with Gasteiger partial charge in [0.2, 0.25) is 0 Å². The lowest BCUT2D eigenvalue weighted by atomic mass is 10.3. The fourth-order valence-electron chi connectivity index (χ4n) is 2.91. The van der Waals surface area contributed by atoms with E-state index >= 15 is 0 Å². The number of aryl methyl sites for hydroxylation is 1. The van der Waals surface area contributed by atoms with E-state index in [1.165, 1.54) is 18.2 Å². The summed E-state index contributed by atoms with van der Waals surface area (Å²) >= 11 is 0. The average molecular weight is 440 g/mol. The first kappa shape index (κ1) is 22.4. The molecule has 1 aromatic heterocycles. The molecule has 0 saturated carbocycles. The maximum absolute atomic E-state index is 12.5. The monoisotopic (exact) mass is 440 g/mol. The van der Waals surface area contributed by atoms with Crippen LogP contribution in [0.3, 0.4) is 0 Å². The van der Waals surface area contributed by atoms with Gasteiger partial charge in [0, 0.05) is 32.2 Å². The molecular weight excluding hydrogens is 417 g/mol. The van der Waals surface area contributed by atoms with Crippen LogP contribution in [0, 0.1) is 6.92 Å². The van der Waals surface area contributed by atoms with Crippen molar-refractivity contribution in [1.29, 1.82) is 0 Å². The molecule has 0 spiro atoms. The number of carbonyl (C=O) groups excluding carboxylic acids is 1. The van der Waals surface area contributed by atoms with Gasteiger partial charge in [-0.3, -0.25) is 0 Å². The normalized spacial score (nSPS) is 14.1. The lowest BCUT2D eigenvalue weighted by Crippen LogP contribution is -2.37. The van der Waals surface area contributed by atoms with Crippen molar-refractivity contribution in [3.05, 3.63) is 36.2 Å². The molecule has 1 fully saturated rings. The topological polar surface area (TPSA) is 101 Å². The minimum Gasteiger partial charge on any atom is -0.404 e. The Bertz CT molecular complexity index is 890. The van der Waals surface area contributed by atoms with E-state index in [0.717, 1.165) is 25.0 Å². The standard InChI is InChI=1S/C19H23F3N6O3/c1-13-25-16(12-17(26-13)28-8-10-30-11-9-28)23-6-7-24-18(29)27-14-4-2-3-5-15(14)31-19(20,21)22/h2-5,12H,6-11H2,1H3,(H,23,25,26)(H2,24,27,29). The van der Waals surface area contributed by atoms with Gasteiger partial charge in [0.1, 0.15) is 17.5 Å². The van der Waals surface area contributed by atoms with E-state index in [0.29, 0.717) is 31.4 Å². The Labute approximate surface area is 177 Å². The van der Waals surface area contributed by atoms with Crippen molar-refractivity contribution in [2.75, 3.05) is 54.9 Å². The molecule has 3 rings (SSSR count). The van der Waals surface area contributed by atoms with Crippen molar-refractivity contribution < 1.29 is 27.4 Å². The summed E-state index contributed by atoms with van der Waals surface area (Å²) in [5, 5.41) is 8.01. The van der Waals surface area contributed by atoms with Gasteiger partial charge in [-0.2, -0.15) is 0 Å². The highest BCUT2D eigenvalue weighted by atomic mass is 19.4. The van der Waals surface area contributed by atoms with Crippen molar-refractivity contribution in [3.63, 3.8) is 0 Å². The number of nitrogens with zero attached hydrogens (tertiary/aromatic N) is 3. The van der Waals surface area contributed by atoms with E-state index in [9.17, 15) is 18.0 Å². The third-order valence-corrected chi connectivity index (χ3v) is 4.24. The largest absolute Gasteiger partial charge is 0.573 e. The molecule has 1 aliphatic rings. The second kappa shape index (κ2) is 10.2. The molecule has 2 aromatic rings. The zero-order valence-corrected chi connectivity index (χ0v) is 16.8. The molecular formula is C19H23F3N6O3. The summed E-state index contributed by atoms with van der Waals surface area (Å²) in [5.41, 5.74) is -0.0909. The van der Waals surface area contributed by atoms with Crippen LogP contribution in [0.5, 0.6) is 5.75 Å². The summed E-state index contributed by atoms with van der Waals surface area (Å²) in [6.07, 6.45) is -4.85. The summed E-state index contributed by atoms with van der Waals surface area (Å²) < 4.78 is 46.7. The lowest BCUT2D eigenvalue weighted by Gasteiger charge is -2.28. The summed E-state index contributed by atoms with van der Waals surface area (Å²) in [6.45, 7) is 5.14. The Balaban J connectivity index is 1.48. The molecule has 9 nitrogen and oxygen atoms in total. The zero-order chi connectivity index (χ0) is 22.3. The van der Waals surface area contributed by atoms with Crippen LogP contribution < -0.4 is 25.6 Å². The number of morpholine rings is 1. The number of nitrogens with one attached hydrogen (secondary N) is 3. The Morgan fingerprint density at radius 3 is 2.68 bits per heavy atom. The summed E-state index contributed by atoms with van der Waals surface area (Å²) in [5.74, 6) is 1.53. The van der Waals surface area contributed by atoms with Crippen molar-refractivity contribution in [2.24, 2.45) is 0 Å². The van der Waals surface area contributed by atoms with Crippen LogP contribution >= 0.6 is 0 Å². The number of para-hydroxylation sites is 2. The number of hydrogen-bond acceptors (Lipinski definition) is 7. The number of benzene rings is 1. The number of halogens is 3. The number of urea groups is 1. The number of hydrogen-bond donors (Lipinski definition) is 3. The van der Waals surface area contributed by atoms with Gasteiger partial charge in [-0.05, 0) is 19.1 Å². The Hall–Kier alpha value is -3.28. The molecule has 1 saturated heterocycles. The lowest BCUT2D eigenvalue weighted by molar-refractivity contribution is -0.274. The number of carbonyl (C=O) groups is 1. The molecule has 2 amide bonds. The smallest absolute Gasteiger partial charge is 0.404 e. The van der Waals surface area contributed by atoms with Crippen molar-refractivity contribution in [1.82, 2.24) is 15.3 Å². The molecule has 0 unspecified atom stereocenters. The number of ether oxygens (including phenoxy) is 2. The molecule has 1 aliphatic heterocycles. The van der Waals surface area contributed by atoms with Crippen molar-refractivity contribution >= 4 is 23.4 Å².